The molecule has 166 valence electrons. The van der Waals surface area contributed by atoms with E-state index < -0.39 is 6.04 Å². The van der Waals surface area contributed by atoms with E-state index in [1.54, 1.807) is 43.7 Å². The average molecular weight is 444 g/mol. The minimum atomic E-state index is -0.409. The summed E-state index contributed by atoms with van der Waals surface area (Å²) < 4.78 is 21.7. The van der Waals surface area contributed by atoms with E-state index in [2.05, 4.69) is 15.6 Å². The number of hydrogen-bond acceptors (Lipinski definition) is 8. The summed E-state index contributed by atoms with van der Waals surface area (Å²) in [5.41, 5.74) is 5.65. The van der Waals surface area contributed by atoms with Gasteiger partial charge in [0.25, 0.3) is 5.91 Å². The van der Waals surface area contributed by atoms with Crippen molar-refractivity contribution in [2.75, 3.05) is 13.7 Å². The van der Waals surface area contributed by atoms with Crippen molar-refractivity contribution in [3.63, 3.8) is 0 Å². The third-order valence-electron chi connectivity index (χ3n) is 5.17. The second-order valence-corrected chi connectivity index (χ2v) is 7.20. The first-order valence-corrected chi connectivity index (χ1v) is 10.2. The highest BCUT2D eigenvalue weighted by Gasteiger charge is 2.32. The number of carbonyl (C=O) groups excluding carboxylic acids is 1. The summed E-state index contributed by atoms with van der Waals surface area (Å²) in [6, 6.07) is 17.9. The van der Waals surface area contributed by atoms with Gasteiger partial charge in [-0.25, -0.2) is 5.01 Å². The molecule has 0 spiro atoms. The smallest absolute Gasteiger partial charge is 0.279 e. The van der Waals surface area contributed by atoms with Gasteiger partial charge in [0.05, 0.1) is 19.1 Å². The number of carbonyl (C=O) groups is 1. The summed E-state index contributed by atoms with van der Waals surface area (Å²) in [6.07, 6.45) is 4.79. The first kappa shape index (κ1) is 20.4. The molecule has 2 aromatic heterocycles. The largest absolute Gasteiger partial charge is 0.497 e. The van der Waals surface area contributed by atoms with E-state index in [1.807, 2.05) is 36.4 Å². The predicted molar refractivity (Wildman–Crippen MR) is 118 cm³/mol. The third kappa shape index (κ3) is 4.29. The molecule has 0 unspecified atom stereocenters. The number of amides is 1. The van der Waals surface area contributed by atoms with E-state index in [1.165, 1.54) is 11.4 Å². The molecule has 5 rings (SSSR count). The molecule has 1 aliphatic rings. The van der Waals surface area contributed by atoms with Crippen molar-refractivity contribution in [1.82, 2.24) is 20.6 Å². The minimum absolute atomic E-state index is 0.159. The molecule has 33 heavy (non-hydrogen) atoms. The topological polar surface area (TPSA) is 103 Å². The SMILES string of the molecule is COc1ccc(C2=C[C@H](c3ccco3)N(C(=O)COc3ccc(-c4nnco4)cc3)N2)cc1. The van der Waals surface area contributed by atoms with Gasteiger partial charge in [-0.05, 0) is 72.3 Å². The molecule has 9 heteroatoms. The Bertz CT molecular complexity index is 1230. The van der Waals surface area contributed by atoms with Crippen LogP contribution in [0.15, 0.2) is 88.2 Å². The average Bonchev–Trinajstić information content (AvgIpc) is 3.64. The highest BCUT2D eigenvalue weighted by Crippen LogP contribution is 2.32. The Labute approximate surface area is 189 Å². The fourth-order valence-corrected chi connectivity index (χ4v) is 3.49. The number of nitrogens with zero attached hydrogens (tertiary/aromatic N) is 3. The molecule has 0 radical (unpaired) electrons. The van der Waals surface area contributed by atoms with Crippen LogP contribution in [-0.2, 0) is 4.79 Å². The second-order valence-electron chi connectivity index (χ2n) is 7.20. The zero-order valence-corrected chi connectivity index (χ0v) is 17.7. The minimum Gasteiger partial charge on any atom is -0.497 e. The Kier molecular flexibility index (Phi) is 5.50. The predicted octanol–water partition coefficient (Wildman–Crippen LogP) is 3.85. The second kappa shape index (κ2) is 8.91. The normalized spacial score (nSPS) is 15.1. The summed E-state index contributed by atoms with van der Waals surface area (Å²) in [4.78, 5) is 13.1. The Morgan fingerprint density at radius 3 is 2.45 bits per heavy atom. The van der Waals surface area contributed by atoms with Gasteiger partial charge < -0.3 is 18.3 Å². The van der Waals surface area contributed by atoms with Crippen molar-refractivity contribution in [3.05, 3.63) is 90.7 Å². The lowest BCUT2D eigenvalue weighted by Crippen LogP contribution is -2.42. The monoisotopic (exact) mass is 444 g/mol. The third-order valence-corrected chi connectivity index (χ3v) is 5.17. The zero-order valence-electron chi connectivity index (χ0n) is 17.7. The van der Waals surface area contributed by atoms with Crippen LogP contribution < -0.4 is 14.9 Å². The number of ether oxygens (including phenoxy) is 2. The van der Waals surface area contributed by atoms with Crippen LogP contribution >= 0.6 is 0 Å². The van der Waals surface area contributed by atoms with Crippen LogP contribution in [0.3, 0.4) is 0 Å². The fraction of sp³-hybridized carbons (Fsp3) is 0.125. The van der Waals surface area contributed by atoms with Crippen molar-refractivity contribution in [2.24, 2.45) is 0 Å². The molecule has 9 nitrogen and oxygen atoms in total. The highest BCUT2D eigenvalue weighted by molar-refractivity contribution is 5.82. The van der Waals surface area contributed by atoms with Crippen molar-refractivity contribution >= 4 is 11.6 Å². The van der Waals surface area contributed by atoms with Gasteiger partial charge in [0.2, 0.25) is 12.3 Å². The Balaban J connectivity index is 1.29. The van der Waals surface area contributed by atoms with E-state index in [9.17, 15) is 4.79 Å². The van der Waals surface area contributed by atoms with Gasteiger partial charge in [0, 0.05) is 5.56 Å². The molecule has 1 amide bonds. The summed E-state index contributed by atoms with van der Waals surface area (Å²) in [6.45, 7) is -0.159. The summed E-state index contributed by atoms with van der Waals surface area (Å²) in [7, 11) is 1.62. The van der Waals surface area contributed by atoms with Crippen LogP contribution in [0.25, 0.3) is 17.2 Å². The number of nitrogens with one attached hydrogen (secondary N) is 1. The van der Waals surface area contributed by atoms with Crippen molar-refractivity contribution in [3.8, 4) is 23.0 Å². The number of benzene rings is 2. The molecule has 0 aliphatic carbocycles. The van der Waals surface area contributed by atoms with E-state index in [0.717, 1.165) is 22.6 Å². The molecule has 0 fully saturated rings. The maximum atomic E-state index is 13.1. The van der Waals surface area contributed by atoms with Crippen LogP contribution in [0, 0.1) is 0 Å². The lowest BCUT2D eigenvalue weighted by Gasteiger charge is -2.24. The standard InChI is InChI=1S/C24H20N4O5/c1-30-18-8-4-16(5-9-18)20-13-21(22-3-2-12-31-22)28(27-20)23(29)14-32-19-10-6-17(7-11-19)24-26-25-15-33-24/h2-13,15,21,27H,14H2,1H3/t21-/m1/s1. The van der Waals surface area contributed by atoms with E-state index >= 15 is 0 Å². The van der Waals surface area contributed by atoms with Crippen molar-refractivity contribution in [2.45, 2.75) is 6.04 Å². The van der Waals surface area contributed by atoms with Crippen LogP contribution in [0.1, 0.15) is 17.4 Å². The lowest BCUT2D eigenvalue weighted by molar-refractivity contribution is -0.137. The number of hydrazine groups is 1. The summed E-state index contributed by atoms with van der Waals surface area (Å²) >= 11 is 0. The molecule has 0 saturated carbocycles. The van der Waals surface area contributed by atoms with Crippen molar-refractivity contribution < 1.29 is 23.1 Å². The van der Waals surface area contributed by atoms with Gasteiger partial charge in [-0.2, -0.15) is 0 Å². The maximum absolute atomic E-state index is 13.1. The summed E-state index contributed by atoms with van der Waals surface area (Å²) in [5.74, 6) is 2.10. The molecular formula is C24H20N4O5. The first-order valence-electron chi connectivity index (χ1n) is 10.2. The Hall–Kier alpha value is -4.53. The number of hydrogen-bond donors (Lipinski definition) is 1. The molecule has 1 N–H and O–H groups in total. The fourth-order valence-electron chi connectivity index (χ4n) is 3.49. The molecule has 0 bridgehead atoms. The number of aromatic nitrogens is 2. The van der Waals surface area contributed by atoms with Crippen molar-refractivity contribution in [1.29, 1.82) is 0 Å². The molecular weight excluding hydrogens is 424 g/mol. The molecule has 0 saturated heterocycles. The van der Waals surface area contributed by atoms with Crippen LogP contribution in [0.5, 0.6) is 11.5 Å². The molecule has 1 aliphatic heterocycles. The quantitative estimate of drug-likeness (QED) is 0.459. The molecule has 3 heterocycles. The highest BCUT2D eigenvalue weighted by atomic mass is 16.5. The van der Waals surface area contributed by atoms with Gasteiger partial charge in [0.15, 0.2) is 6.61 Å². The molecule has 4 aromatic rings. The van der Waals surface area contributed by atoms with Gasteiger partial charge in [0.1, 0.15) is 23.3 Å². The van der Waals surface area contributed by atoms with Gasteiger partial charge >= 0.3 is 0 Å². The van der Waals surface area contributed by atoms with Crippen LogP contribution in [-0.4, -0.2) is 34.8 Å². The summed E-state index contributed by atoms with van der Waals surface area (Å²) in [5, 5.41) is 9.04. The van der Waals surface area contributed by atoms with E-state index in [4.69, 9.17) is 18.3 Å². The molecule has 2 aromatic carbocycles. The van der Waals surface area contributed by atoms with E-state index in [-0.39, 0.29) is 12.5 Å². The first-order chi connectivity index (χ1) is 16.2. The maximum Gasteiger partial charge on any atom is 0.279 e. The van der Waals surface area contributed by atoms with E-state index in [0.29, 0.717) is 17.4 Å². The Morgan fingerprint density at radius 2 is 1.79 bits per heavy atom. The molecule has 1 atom stereocenters. The van der Waals surface area contributed by atoms with Crippen LogP contribution in [0.4, 0.5) is 0 Å². The van der Waals surface area contributed by atoms with Gasteiger partial charge in [-0.15, -0.1) is 10.2 Å². The Morgan fingerprint density at radius 1 is 1.03 bits per heavy atom. The van der Waals surface area contributed by atoms with Gasteiger partial charge in [-0.3, -0.25) is 10.2 Å². The number of rotatable bonds is 7. The zero-order chi connectivity index (χ0) is 22.6. The van der Waals surface area contributed by atoms with Gasteiger partial charge in [-0.1, -0.05) is 0 Å². The number of furan rings is 1. The lowest BCUT2D eigenvalue weighted by atomic mass is 10.1. The van der Waals surface area contributed by atoms with Crippen LogP contribution in [0.2, 0.25) is 0 Å². The number of methoxy groups -OCH3 is 1.